The maximum absolute atomic E-state index is 11.2. The summed E-state index contributed by atoms with van der Waals surface area (Å²) in [6.07, 6.45) is 1.90. The van der Waals surface area contributed by atoms with E-state index >= 15 is 0 Å². The fraction of sp³-hybridized carbons (Fsp3) is 0.300. The number of ether oxygens (including phenoxy) is 1. The summed E-state index contributed by atoms with van der Waals surface area (Å²) < 4.78 is 5.00. The third-order valence-electron chi connectivity index (χ3n) is 1.65. The third-order valence-corrected chi connectivity index (χ3v) is 2.20. The maximum atomic E-state index is 11.2. The summed E-state index contributed by atoms with van der Waals surface area (Å²) in [7, 11) is 1.61. The molecule has 1 amide bonds. The molecular formula is C10H13NO2S. The van der Waals surface area contributed by atoms with Gasteiger partial charge in [-0.3, -0.25) is 4.79 Å². The van der Waals surface area contributed by atoms with Crippen LogP contribution in [0.5, 0.6) is 5.75 Å². The Hall–Kier alpha value is -1.16. The number of amides is 1. The van der Waals surface area contributed by atoms with E-state index in [0.717, 1.165) is 11.4 Å². The number of anilines is 1. The van der Waals surface area contributed by atoms with Crippen LogP contribution in [-0.4, -0.2) is 25.0 Å². The van der Waals surface area contributed by atoms with Crippen molar-refractivity contribution in [1.29, 1.82) is 0 Å². The highest BCUT2D eigenvalue weighted by atomic mass is 32.2. The van der Waals surface area contributed by atoms with Gasteiger partial charge in [0.1, 0.15) is 5.75 Å². The molecule has 0 radical (unpaired) electrons. The lowest BCUT2D eigenvalue weighted by Gasteiger charge is -2.04. The Labute approximate surface area is 87.8 Å². The zero-order chi connectivity index (χ0) is 10.4. The van der Waals surface area contributed by atoms with Gasteiger partial charge >= 0.3 is 0 Å². The first-order chi connectivity index (χ1) is 6.76. The zero-order valence-corrected chi connectivity index (χ0v) is 9.06. The van der Waals surface area contributed by atoms with Gasteiger partial charge in [0.05, 0.1) is 12.9 Å². The molecule has 0 aliphatic heterocycles. The molecule has 1 aromatic rings. The number of carbonyl (C=O) groups excluding carboxylic acids is 1. The molecule has 0 heterocycles. The maximum Gasteiger partial charge on any atom is 0.234 e. The van der Waals surface area contributed by atoms with Gasteiger partial charge in [-0.1, -0.05) is 0 Å². The van der Waals surface area contributed by atoms with Gasteiger partial charge in [-0.15, -0.1) is 0 Å². The summed E-state index contributed by atoms with van der Waals surface area (Å²) in [5, 5.41) is 2.78. The van der Waals surface area contributed by atoms with E-state index in [1.807, 2.05) is 30.5 Å². The van der Waals surface area contributed by atoms with Crippen LogP contribution < -0.4 is 10.1 Å². The lowest BCUT2D eigenvalue weighted by atomic mass is 10.3. The van der Waals surface area contributed by atoms with Crippen molar-refractivity contribution >= 4 is 23.4 Å². The molecule has 0 atom stereocenters. The van der Waals surface area contributed by atoms with E-state index in [1.165, 1.54) is 11.8 Å². The SMILES string of the molecule is COc1ccc(NC(=O)CSC)cc1. The van der Waals surface area contributed by atoms with Crippen molar-refractivity contribution < 1.29 is 9.53 Å². The molecule has 1 aromatic carbocycles. The third kappa shape index (κ3) is 3.30. The van der Waals surface area contributed by atoms with Gasteiger partial charge in [0.15, 0.2) is 0 Å². The van der Waals surface area contributed by atoms with E-state index in [1.54, 1.807) is 7.11 Å². The summed E-state index contributed by atoms with van der Waals surface area (Å²) in [4.78, 5) is 11.2. The molecule has 0 fully saturated rings. The molecule has 1 rings (SSSR count). The summed E-state index contributed by atoms with van der Waals surface area (Å²) >= 11 is 1.50. The highest BCUT2D eigenvalue weighted by molar-refractivity contribution is 7.99. The molecule has 0 aromatic heterocycles. The number of rotatable bonds is 4. The Kier molecular flexibility index (Phi) is 4.32. The molecule has 0 aliphatic rings. The first-order valence-corrected chi connectivity index (χ1v) is 5.58. The average Bonchev–Trinajstić information content (AvgIpc) is 2.19. The summed E-state index contributed by atoms with van der Waals surface area (Å²) in [5.41, 5.74) is 0.796. The smallest absolute Gasteiger partial charge is 0.234 e. The minimum Gasteiger partial charge on any atom is -0.497 e. The number of hydrogen-bond donors (Lipinski definition) is 1. The molecule has 0 saturated heterocycles. The summed E-state index contributed by atoms with van der Waals surface area (Å²) in [6.45, 7) is 0. The second kappa shape index (κ2) is 5.54. The molecule has 3 nitrogen and oxygen atoms in total. The fourth-order valence-electron chi connectivity index (χ4n) is 1.00. The van der Waals surface area contributed by atoms with Crippen LogP contribution in [0, 0.1) is 0 Å². The number of benzene rings is 1. The molecule has 0 unspecified atom stereocenters. The molecule has 4 heteroatoms. The Morgan fingerprint density at radius 1 is 1.43 bits per heavy atom. The monoisotopic (exact) mass is 211 g/mol. The highest BCUT2D eigenvalue weighted by Gasteiger charge is 2.00. The standard InChI is InChI=1S/C10H13NO2S/c1-13-9-5-3-8(4-6-9)11-10(12)7-14-2/h3-6H,7H2,1-2H3,(H,11,12). The molecule has 1 N–H and O–H groups in total. The minimum absolute atomic E-state index is 0.0164. The van der Waals surface area contributed by atoms with Crippen molar-refractivity contribution in [1.82, 2.24) is 0 Å². The molecular weight excluding hydrogens is 198 g/mol. The summed E-state index contributed by atoms with van der Waals surface area (Å²) in [6, 6.07) is 7.26. The predicted molar refractivity (Wildman–Crippen MR) is 60.0 cm³/mol. The summed E-state index contributed by atoms with van der Waals surface area (Å²) in [5.74, 6) is 1.28. The van der Waals surface area contributed by atoms with Crippen LogP contribution in [0.15, 0.2) is 24.3 Å². The second-order valence-electron chi connectivity index (χ2n) is 2.71. The normalized spacial score (nSPS) is 9.57. The van der Waals surface area contributed by atoms with Crippen molar-refractivity contribution in [2.75, 3.05) is 24.4 Å². The first-order valence-electron chi connectivity index (χ1n) is 4.19. The zero-order valence-electron chi connectivity index (χ0n) is 8.24. The van der Waals surface area contributed by atoms with E-state index in [9.17, 15) is 4.79 Å². The van der Waals surface area contributed by atoms with E-state index in [2.05, 4.69) is 5.32 Å². The first kappa shape index (κ1) is 10.9. The van der Waals surface area contributed by atoms with E-state index < -0.39 is 0 Å². The van der Waals surface area contributed by atoms with E-state index in [-0.39, 0.29) is 5.91 Å². The van der Waals surface area contributed by atoms with Gasteiger partial charge in [-0.2, -0.15) is 11.8 Å². The van der Waals surface area contributed by atoms with Gasteiger partial charge < -0.3 is 10.1 Å². The van der Waals surface area contributed by atoms with Crippen LogP contribution in [0.3, 0.4) is 0 Å². The Morgan fingerprint density at radius 3 is 2.57 bits per heavy atom. The van der Waals surface area contributed by atoms with Crippen LogP contribution in [0.1, 0.15) is 0 Å². The van der Waals surface area contributed by atoms with Gasteiger partial charge in [0, 0.05) is 5.69 Å². The largest absolute Gasteiger partial charge is 0.497 e. The second-order valence-corrected chi connectivity index (χ2v) is 3.58. The van der Waals surface area contributed by atoms with Crippen LogP contribution in [0.25, 0.3) is 0 Å². The molecule has 0 saturated carbocycles. The van der Waals surface area contributed by atoms with Crippen molar-refractivity contribution in [3.05, 3.63) is 24.3 Å². The number of nitrogens with one attached hydrogen (secondary N) is 1. The van der Waals surface area contributed by atoms with Crippen molar-refractivity contribution in [3.63, 3.8) is 0 Å². The van der Waals surface area contributed by atoms with E-state index in [0.29, 0.717) is 5.75 Å². The van der Waals surface area contributed by atoms with Gasteiger partial charge in [0.2, 0.25) is 5.91 Å². The molecule has 0 aliphatic carbocycles. The van der Waals surface area contributed by atoms with Gasteiger partial charge in [0.25, 0.3) is 0 Å². The van der Waals surface area contributed by atoms with Crippen LogP contribution >= 0.6 is 11.8 Å². The van der Waals surface area contributed by atoms with Gasteiger partial charge in [-0.05, 0) is 30.5 Å². The Balaban J connectivity index is 2.55. The van der Waals surface area contributed by atoms with Crippen molar-refractivity contribution in [2.45, 2.75) is 0 Å². The Bertz CT molecular complexity index is 297. The number of thioether (sulfide) groups is 1. The topological polar surface area (TPSA) is 38.3 Å². The molecule has 76 valence electrons. The van der Waals surface area contributed by atoms with E-state index in [4.69, 9.17) is 4.74 Å². The lowest BCUT2D eigenvalue weighted by molar-refractivity contribution is -0.113. The minimum atomic E-state index is 0.0164. The van der Waals surface area contributed by atoms with Crippen molar-refractivity contribution in [3.8, 4) is 5.75 Å². The van der Waals surface area contributed by atoms with Gasteiger partial charge in [-0.25, -0.2) is 0 Å². The van der Waals surface area contributed by atoms with Crippen LogP contribution in [-0.2, 0) is 4.79 Å². The number of hydrogen-bond acceptors (Lipinski definition) is 3. The number of methoxy groups -OCH3 is 1. The lowest BCUT2D eigenvalue weighted by Crippen LogP contribution is -2.13. The number of carbonyl (C=O) groups is 1. The van der Waals surface area contributed by atoms with Crippen LogP contribution in [0.4, 0.5) is 5.69 Å². The fourth-order valence-corrected chi connectivity index (χ4v) is 1.34. The highest BCUT2D eigenvalue weighted by Crippen LogP contribution is 2.14. The average molecular weight is 211 g/mol. The predicted octanol–water partition coefficient (Wildman–Crippen LogP) is 2.00. The quantitative estimate of drug-likeness (QED) is 0.827. The van der Waals surface area contributed by atoms with Crippen LogP contribution in [0.2, 0.25) is 0 Å². The Morgan fingerprint density at radius 2 is 2.07 bits per heavy atom. The van der Waals surface area contributed by atoms with Crippen molar-refractivity contribution in [2.24, 2.45) is 0 Å². The molecule has 14 heavy (non-hydrogen) atoms. The molecule has 0 bridgehead atoms. The molecule has 0 spiro atoms.